The van der Waals surface area contributed by atoms with Crippen LogP contribution in [-0.2, 0) is 6.18 Å². The molecule has 0 aliphatic rings. The third-order valence-corrected chi connectivity index (χ3v) is 4.50. The monoisotopic (exact) mass is 364 g/mol. The molecular weight excluding hydrogens is 353 g/mol. The number of imidazole rings is 1. The second-order valence-corrected chi connectivity index (χ2v) is 6.45. The molecule has 0 bridgehead atoms. The molecule has 0 aliphatic carbocycles. The van der Waals surface area contributed by atoms with Crippen LogP contribution < -0.4 is 0 Å². The van der Waals surface area contributed by atoms with Crippen molar-refractivity contribution in [2.24, 2.45) is 0 Å². The molecule has 0 radical (unpaired) electrons. The van der Waals surface area contributed by atoms with E-state index < -0.39 is 11.7 Å². The minimum absolute atomic E-state index is 0.0486. The average Bonchev–Trinajstić information content (AvgIpc) is 3.15. The summed E-state index contributed by atoms with van der Waals surface area (Å²) in [6.07, 6.45) is -1.87. The van der Waals surface area contributed by atoms with Crippen molar-refractivity contribution >= 4 is 28.6 Å². The van der Waals surface area contributed by atoms with Gasteiger partial charge in [-0.25, -0.2) is 15.0 Å². The molecule has 0 fully saturated rings. The maximum Gasteiger partial charge on any atom is 0.417 e. The van der Waals surface area contributed by atoms with E-state index >= 15 is 0 Å². The number of hydrogen-bond donors (Lipinski definition) is 0. The van der Waals surface area contributed by atoms with E-state index in [2.05, 4.69) is 15.0 Å². The highest BCUT2D eigenvalue weighted by Crippen LogP contribution is 2.34. The summed E-state index contributed by atoms with van der Waals surface area (Å²) in [5, 5.41) is 0.820. The molecule has 128 valence electrons. The first-order valence-electron chi connectivity index (χ1n) is 7.41. The SMILES string of the molecule is CCSc1c(-c2nc3cc(C(F)(F)F)cnc3o2)nc2ccccn12. The highest BCUT2D eigenvalue weighted by molar-refractivity contribution is 7.99. The molecule has 0 N–H and O–H groups in total. The van der Waals surface area contributed by atoms with Crippen molar-refractivity contribution in [1.29, 1.82) is 0 Å². The van der Waals surface area contributed by atoms with E-state index in [0.29, 0.717) is 11.3 Å². The van der Waals surface area contributed by atoms with Crippen LogP contribution in [0.2, 0.25) is 0 Å². The fourth-order valence-electron chi connectivity index (χ4n) is 2.47. The molecule has 0 amide bonds. The van der Waals surface area contributed by atoms with Crippen LogP contribution in [0.25, 0.3) is 28.5 Å². The molecule has 4 aromatic heterocycles. The molecule has 0 aliphatic heterocycles. The molecule has 4 rings (SSSR count). The molecule has 0 unspecified atom stereocenters. The van der Waals surface area contributed by atoms with Crippen molar-refractivity contribution in [2.75, 3.05) is 5.75 Å². The van der Waals surface area contributed by atoms with Gasteiger partial charge in [0, 0.05) is 12.4 Å². The van der Waals surface area contributed by atoms with Gasteiger partial charge in [0.25, 0.3) is 5.89 Å². The maximum absolute atomic E-state index is 12.8. The quantitative estimate of drug-likeness (QED) is 0.495. The van der Waals surface area contributed by atoms with Gasteiger partial charge < -0.3 is 4.42 Å². The Labute approximate surface area is 143 Å². The van der Waals surface area contributed by atoms with E-state index in [0.717, 1.165) is 23.0 Å². The van der Waals surface area contributed by atoms with Crippen LogP contribution in [0.3, 0.4) is 0 Å². The Hall–Kier alpha value is -2.55. The average molecular weight is 364 g/mol. The Morgan fingerprint density at radius 1 is 1.24 bits per heavy atom. The first kappa shape index (κ1) is 15.9. The van der Waals surface area contributed by atoms with E-state index in [1.807, 2.05) is 35.7 Å². The number of hydrogen-bond acceptors (Lipinski definition) is 5. The van der Waals surface area contributed by atoms with Gasteiger partial charge in [-0.3, -0.25) is 4.40 Å². The van der Waals surface area contributed by atoms with E-state index in [4.69, 9.17) is 4.42 Å². The summed E-state index contributed by atoms with van der Waals surface area (Å²) in [6.45, 7) is 2.00. The Bertz CT molecular complexity index is 1070. The number of pyridine rings is 2. The topological polar surface area (TPSA) is 56.2 Å². The standard InChI is InChI=1S/C16H11F3N4OS/c1-2-25-15-12(22-11-5-3-4-6-23(11)15)14-21-10-7-9(16(17,18)19)8-20-13(10)24-14/h3-8H,2H2,1H3. The highest BCUT2D eigenvalue weighted by Gasteiger charge is 2.32. The van der Waals surface area contributed by atoms with Crippen LogP contribution in [-0.4, -0.2) is 25.1 Å². The van der Waals surface area contributed by atoms with Crippen LogP contribution in [0.5, 0.6) is 0 Å². The van der Waals surface area contributed by atoms with E-state index in [1.165, 1.54) is 0 Å². The van der Waals surface area contributed by atoms with Gasteiger partial charge in [-0.05, 0) is 24.0 Å². The van der Waals surface area contributed by atoms with Gasteiger partial charge in [0.1, 0.15) is 16.2 Å². The molecule has 25 heavy (non-hydrogen) atoms. The van der Waals surface area contributed by atoms with Crippen LogP contribution in [0, 0.1) is 0 Å². The van der Waals surface area contributed by atoms with Gasteiger partial charge >= 0.3 is 6.18 Å². The number of alkyl halides is 3. The van der Waals surface area contributed by atoms with E-state index in [9.17, 15) is 13.2 Å². The van der Waals surface area contributed by atoms with Gasteiger partial charge in [-0.15, -0.1) is 11.8 Å². The zero-order chi connectivity index (χ0) is 17.6. The largest absolute Gasteiger partial charge is 0.417 e. The fourth-order valence-corrected chi connectivity index (χ4v) is 3.30. The van der Waals surface area contributed by atoms with Gasteiger partial charge in [-0.2, -0.15) is 13.2 Å². The second kappa shape index (κ2) is 5.76. The van der Waals surface area contributed by atoms with E-state index in [1.54, 1.807) is 11.8 Å². The molecule has 4 aromatic rings. The first-order valence-corrected chi connectivity index (χ1v) is 8.40. The van der Waals surface area contributed by atoms with Crippen molar-refractivity contribution in [3.8, 4) is 11.6 Å². The van der Waals surface area contributed by atoms with Gasteiger partial charge in [0.15, 0.2) is 5.69 Å². The molecule has 0 aromatic carbocycles. The Morgan fingerprint density at radius 3 is 2.84 bits per heavy atom. The van der Waals surface area contributed by atoms with Crippen molar-refractivity contribution < 1.29 is 17.6 Å². The first-order chi connectivity index (χ1) is 12.0. The van der Waals surface area contributed by atoms with E-state index in [-0.39, 0.29) is 17.1 Å². The molecule has 0 saturated carbocycles. The third kappa shape index (κ3) is 2.74. The van der Waals surface area contributed by atoms with Crippen LogP contribution in [0.15, 0.2) is 46.1 Å². The molecule has 0 atom stereocenters. The van der Waals surface area contributed by atoms with Crippen LogP contribution in [0.4, 0.5) is 13.2 Å². The smallest absolute Gasteiger partial charge is 0.416 e. The van der Waals surface area contributed by atoms with Crippen molar-refractivity contribution in [3.05, 3.63) is 42.2 Å². The number of oxazole rings is 1. The van der Waals surface area contributed by atoms with Crippen LogP contribution >= 0.6 is 11.8 Å². The maximum atomic E-state index is 12.8. The van der Waals surface area contributed by atoms with Crippen molar-refractivity contribution in [3.63, 3.8) is 0 Å². The summed E-state index contributed by atoms with van der Waals surface area (Å²) in [7, 11) is 0. The summed E-state index contributed by atoms with van der Waals surface area (Å²) in [5.41, 5.74) is 0.434. The minimum Gasteiger partial charge on any atom is -0.416 e. The Kier molecular flexibility index (Phi) is 3.68. The predicted octanol–water partition coefficient (Wildman–Crippen LogP) is 4.67. The summed E-state index contributed by atoms with van der Waals surface area (Å²) >= 11 is 1.55. The number of halogens is 3. The molecule has 0 saturated heterocycles. The lowest BCUT2D eigenvalue weighted by Gasteiger charge is -2.03. The number of thioether (sulfide) groups is 1. The second-order valence-electron chi connectivity index (χ2n) is 5.19. The Balaban J connectivity index is 1.89. The molecule has 9 heteroatoms. The fraction of sp³-hybridized carbons (Fsp3) is 0.188. The summed E-state index contributed by atoms with van der Waals surface area (Å²) in [4.78, 5) is 12.4. The van der Waals surface area contributed by atoms with Gasteiger partial charge in [0.2, 0.25) is 5.71 Å². The van der Waals surface area contributed by atoms with Gasteiger partial charge in [-0.1, -0.05) is 13.0 Å². The zero-order valence-corrected chi connectivity index (χ0v) is 13.7. The zero-order valence-electron chi connectivity index (χ0n) is 12.9. The molecule has 4 heterocycles. The Morgan fingerprint density at radius 2 is 2.08 bits per heavy atom. The minimum atomic E-state index is -4.48. The lowest BCUT2D eigenvalue weighted by atomic mass is 10.2. The lowest BCUT2D eigenvalue weighted by Crippen LogP contribution is -2.04. The highest BCUT2D eigenvalue weighted by atomic mass is 32.2. The summed E-state index contributed by atoms with van der Waals surface area (Å²) in [6, 6.07) is 6.50. The van der Waals surface area contributed by atoms with Gasteiger partial charge in [0.05, 0.1) is 5.56 Å². The predicted molar refractivity (Wildman–Crippen MR) is 87.4 cm³/mol. The molecule has 0 spiro atoms. The number of rotatable bonds is 3. The summed E-state index contributed by atoms with van der Waals surface area (Å²) in [5.74, 6) is 0.952. The third-order valence-electron chi connectivity index (χ3n) is 3.54. The number of aromatic nitrogens is 4. The lowest BCUT2D eigenvalue weighted by molar-refractivity contribution is -0.137. The van der Waals surface area contributed by atoms with Crippen LogP contribution in [0.1, 0.15) is 12.5 Å². The normalized spacial score (nSPS) is 12.3. The number of fused-ring (bicyclic) bond motifs is 2. The molecule has 5 nitrogen and oxygen atoms in total. The van der Waals surface area contributed by atoms with Crippen molar-refractivity contribution in [2.45, 2.75) is 18.1 Å². The summed E-state index contributed by atoms with van der Waals surface area (Å²) < 4.78 is 46.0. The number of nitrogens with zero attached hydrogens (tertiary/aromatic N) is 4. The van der Waals surface area contributed by atoms with Crippen molar-refractivity contribution in [1.82, 2.24) is 19.4 Å². The molecular formula is C16H11F3N4OS.